The van der Waals surface area contributed by atoms with Crippen LogP contribution in [-0.2, 0) is 25.2 Å². The van der Waals surface area contributed by atoms with Crippen molar-refractivity contribution in [2.24, 2.45) is 7.05 Å². The van der Waals surface area contributed by atoms with Crippen LogP contribution < -0.4 is 5.32 Å². The highest BCUT2D eigenvalue weighted by Crippen LogP contribution is 2.32. The van der Waals surface area contributed by atoms with E-state index in [0.29, 0.717) is 24.2 Å². The summed E-state index contributed by atoms with van der Waals surface area (Å²) in [6.07, 6.45) is -0.0453. The average molecular weight is 434 g/mol. The molecule has 11 heteroatoms. The Hall–Kier alpha value is -3.21. The summed E-state index contributed by atoms with van der Waals surface area (Å²) in [7, 11) is 1.30. The Morgan fingerprint density at radius 2 is 1.97 bits per heavy atom. The fourth-order valence-corrected chi connectivity index (χ4v) is 3.57. The number of aromatic nitrogens is 5. The van der Waals surface area contributed by atoms with Crippen molar-refractivity contribution in [3.05, 3.63) is 58.9 Å². The van der Waals surface area contributed by atoms with E-state index in [4.69, 9.17) is 0 Å². The highest BCUT2D eigenvalue weighted by molar-refractivity contribution is 5.93. The molecule has 4 rings (SSSR count). The third kappa shape index (κ3) is 4.05. The van der Waals surface area contributed by atoms with E-state index in [0.717, 1.165) is 22.0 Å². The molecule has 1 aliphatic rings. The van der Waals surface area contributed by atoms with Crippen molar-refractivity contribution in [3.63, 3.8) is 0 Å². The number of pyridine rings is 1. The zero-order valence-corrected chi connectivity index (χ0v) is 17.1. The number of hydrogen-bond donors (Lipinski definition) is 2. The van der Waals surface area contributed by atoms with Gasteiger partial charge in [-0.15, -0.1) is 0 Å². The molecule has 164 valence electrons. The fraction of sp³-hybridized carbons (Fsp3) is 0.400. The second-order valence-corrected chi connectivity index (χ2v) is 8.03. The van der Waals surface area contributed by atoms with E-state index in [-0.39, 0.29) is 11.7 Å². The third-order valence-corrected chi connectivity index (χ3v) is 5.21. The van der Waals surface area contributed by atoms with Crippen molar-refractivity contribution in [1.29, 1.82) is 0 Å². The number of nitrogens with one attached hydrogen (secondary N) is 1. The molecule has 1 aliphatic carbocycles. The van der Waals surface area contributed by atoms with Crippen LogP contribution in [0, 0.1) is 0 Å². The van der Waals surface area contributed by atoms with Gasteiger partial charge in [-0.3, -0.25) is 14.5 Å². The average Bonchev–Trinajstić information content (AvgIpc) is 3.36. The van der Waals surface area contributed by atoms with Gasteiger partial charge in [0, 0.05) is 31.1 Å². The molecule has 0 saturated carbocycles. The second kappa shape index (κ2) is 7.19. The normalized spacial score (nSPS) is 16.4. The van der Waals surface area contributed by atoms with Crippen molar-refractivity contribution in [1.82, 2.24) is 29.9 Å². The van der Waals surface area contributed by atoms with E-state index in [1.54, 1.807) is 43.1 Å². The number of amides is 1. The summed E-state index contributed by atoms with van der Waals surface area (Å²) in [4.78, 5) is 16.8. The fourth-order valence-electron chi connectivity index (χ4n) is 3.57. The molecule has 3 heterocycles. The van der Waals surface area contributed by atoms with Gasteiger partial charge in [-0.1, -0.05) is 0 Å². The Morgan fingerprint density at radius 1 is 1.23 bits per heavy atom. The Balaban J connectivity index is 1.56. The molecule has 3 aromatic rings. The zero-order chi connectivity index (χ0) is 22.6. The van der Waals surface area contributed by atoms with E-state index < -0.39 is 23.4 Å². The Morgan fingerprint density at radius 3 is 2.61 bits per heavy atom. The minimum atomic E-state index is -4.62. The topological polar surface area (TPSA) is 97.9 Å². The molecule has 0 aromatic carbocycles. The van der Waals surface area contributed by atoms with Crippen LogP contribution in [-0.4, -0.2) is 35.6 Å². The van der Waals surface area contributed by atoms with E-state index in [2.05, 4.69) is 20.5 Å². The Bertz CT molecular complexity index is 1140. The first-order chi connectivity index (χ1) is 14.4. The number of alkyl halides is 3. The van der Waals surface area contributed by atoms with Gasteiger partial charge in [0.25, 0.3) is 5.91 Å². The molecule has 0 spiro atoms. The number of aliphatic hydroxyl groups is 1. The number of nitrogens with zero attached hydrogens (tertiary/aromatic N) is 5. The van der Waals surface area contributed by atoms with Gasteiger partial charge >= 0.3 is 6.18 Å². The molecule has 0 bridgehead atoms. The largest absolute Gasteiger partial charge is 0.435 e. The number of hydrogen-bond acceptors (Lipinski definition) is 5. The van der Waals surface area contributed by atoms with Gasteiger partial charge in [-0.2, -0.15) is 23.4 Å². The summed E-state index contributed by atoms with van der Waals surface area (Å²) in [6, 6.07) is 3.84. The lowest BCUT2D eigenvalue weighted by molar-refractivity contribution is -0.141. The van der Waals surface area contributed by atoms with Crippen molar-refractivity contribution < 1.29 is 23.1 Å². The van der Waals surface area contributed by atoms with Crippen LogP contribution in [0.15, 0.2) is 30.6 Å². The Kier molecular flexibility index (Phi) is 4.88. The maximum Gasteiger partial charge on any atom is 0.435 e. The summed E-state index contributed by atoms with van der Waals surface area (Å²) in [5.74, 6) is -0.635. The number of halogens is 3. The van der Waals surface area contributed by atoms with Crippen LogP contribution in [0.5, 0.6) is 0 Å². The van der Waals surface area contributed by atoms with Gasteiger partial charge in [0.2, 0.25) is 0 Å². The predicted molar refractivity (Wildman–Crippen MR) is 103 cm³/mol. The predicted octanol–water partition coefficient (Wildman–Crippen LogP) is 2.66. The summed E-state index contributed by atoms with van der Waals surface area (Å²) in [5, 5.41) is 20.9. The monoisotopic (exact) mass is 434 g/mol. The third-order valence-electron chi connectivity index (χ3n) is 5.21. The van der Waals surface area contributed by atoms with Gasteiger partial charge in [0.05, 0.1) is 23.1 Å². The summed E-state index contributed by atoms with van der Waals surface area (Å²) in [6.45, 7) is 3.27. The zero-order valence-electron chi connectivity index (χ0n) is 17.1. The van der Waals surface area contributed by atoms with Gasteiger partial charge in [-0.25, -0.2) is 4.68 Å². The van der Waals surface area contributed by atoms with Crippen LogP contribution in [0.25, 0.3) is 5.69 Å². The molecular weight excluding hydrogens is 413 g/mol. The molecule has 3 aromatic heterocycles. The minimum Gasteiger partial charge on any atom is -0.384 e. The maximum absolute atomic E-state index is 12.9. The molecule has 31 heavy (non-hydrogen) atoms. The number of aryl methyl sites for hydroxylation is 2. The van der Waals surface area contributed by atoms with Crippen LogP contribution in [0.3, 0.4) is 0 Å². The second-order valence-electron chi connectivity index (χ2n) is 8.03. The van der Waals surface area contributed by atoms with Crippen molar-refractivity contribution in [2.75, 3.05) is 0 Å². The van der Waals surface area contributed by atoms with E-state index in [1.807, 2.05) is 0 Å². The first kappa shape index (κ1) is 21.0. The number of carbonyl (C=O) groups is 1. The first-order valence-corrected chi connectivity index (χ1v) is 9.63. The summed E-state index contributed by atoms with van der Waals surface area (Å²) >= 11 is 0. The van der Waals surface area contributed by atoms with E-state index in [9.17, 15) is 23.1 Å². The molecule has 0 fully saturated rings. The lowest BCUT2D eigenvalue weighted by Gasteiger charge is -2.17. The molecule has 0 radical (unpaired) electrons. The van der Waals surface area contributed by atoms with Crippen LogP contribution in [0.1, 0.15) is 59.4 Å². The molecule has 1 atom stereocenters. The minimum absolute atomic E-state index is 0.169. The van der Waals surface area contributed by atoms with Crippen molar-refractivity contribution >= 4 is 5.91 Å². The smallest absolute Gasteiger partial charge is 0.384 e. The van der Waals surface area contributed by atoms with E-state index in [1.165, 1.54) is 7.05 Å². The summed E-state index contributed by atoms with van der Waals surface area (Å²) in [5.41, 5.74) is 0.398. The van der Waals surface area contributed by atoms with Gasteiger partial charge in [0.15, 0.2) is 5.69 Å². The van der Waals surface area contributed by atoms with E-state index >= 15 is 0 Å². The SMILES string of the molecule is Cn1nc(C(F)(F)F)cc1C(=O)N[C@H]1CCc2nn(-c3ccnc(C(C)(C)O)c3)cc21. The lowest BCUT2D eigenvalue weighted by atomic mass is 10.0. The molecule has 8 nitrogen and oxygen atoms in total. The van der Waals surface area contributed by atoms with Crippen LogP contribution in [0.4, 0.5) is 13.2 Å². The number of fused-ring (bicyclic) bond motifs is 1. The van der Waals surface area contributed by atoms with Gasteiger partial charge in [0.1, 0.15) is 11.3 Å². The highest BCUT2D eigenvalue weighted by atomic mass is 19.4. The molecule has 2 N–H and O–H groups in total. The maximum atomic E-state index is 12.9. The standard InChI is InChI=1S/C20H21F3N6O2/c1-19(2,31)16-8-11(6-7-24-16)29-10-12-13(4-5-14(12)26-29)25-18(30)15-9-17(20(21,22)23)27-28(15)3/h6-10,13,31H,4-5H2,1-3H3,(H,25,30)/t13-/m0/s1. The molecular formula is C20H21F3N6O2. The van der Waals surface area contributed by atoms with Crippen molar-refractivity contribution in [3.8, 4) is 5.69 Å². The van der Waals surface area contributed by atoms with Crippen LogP contribution in [0.2, 0.25) is 0 Å². The number of rotatable bonds is 4. The first-order valence-electron chi connectivity index (χ1n) is 9.63. The molecule has 0 saturated heterocycles. The van der Waals surface area contributed by atoms with Gasteiger partial charge < -0.3 is 10.4 Å². The highest BCUT2D eigenvalue weighted by Gasteiger charge is 2.36. The van der Waals surface area contributed by atoms with Crippen molar-refractivity contribution in [2.45, 2.75) is 44.5 Å². The molecule has 0 aliphatic heterocycles. The number of carbonyl (C=O) groups excluding carboxylic acids is 1. The molecule has 0 unspecified atom stereocenters. The lowest BCUT2D eigenvalue weighted by Crippen LogP contribution is -2.28. The Labute approximate surface area is 175 Å². The quantitative estimate of drug-likeness (QED) is 0.658. The molecule has 1 amide bonds. The summed E-state index contributed by atoms with van der Waals surface area (Å²) < 4.78 is 41.2. The van der Waals surface area contributed by atoms with Gasteiger partial charge in [-0.05, 0) is 38.8 Å². The van der Waals surface area contributed by atoms with Crippen LogP contribution >= 0.6 is 0 Å².